The molecule has 2 aliphatic rings. The third-order valence-electron chi connectivity index (χ3n) is 5.67. The van der Waals surface area contributed by atoms with Crippen molar-refractivity contribution >= 4 is 13.2 Å². The zero-order valence-electron chi connectivity index (χ0n) is 17.0. The Balaban J connectivity index is 1.95. The molecule has 3 rings (SSSR count). The van der Waals surface area contributed by atoms with Crippen LogP contribution in [-0.2, 0) is 20.6 Å². The van der Waals surface area contributed by atoms with Crippen LogP contribution >= 0.6 is 0 Å². The van der Waals surface area contributed by atoms with Crippen LogP contribution in [0.15, 0.2) is 24.3 Å². The quantitative estimate of drug-likeness (QED) is 0.730. The Kier molecular flexibility index (Phi) is 4.64. The first kappa shape index (κ1) is 19.2. The molecule has 0 bridgehead atoms. The van der Waals surface area contributed by atoms with Crippen LogP contribution in [0.3, 0.4) is 0 Å². The fraction of sp³-hybridized carbons (Fsp3) is 0.650. The van der Waals surface area contributed by atoms with Gasteiger partial charge in [0.25, 0.3) is 0 Å². The molecular weight excluding hydrogens is 329 g/mol. The van der Waals surface area contributed by atoms with Gasteiger partial charge in [-0.3, -0.25) is 4.90 Å². The number of carbonyl (C=O) groups is 1. The van der Waals surface area contributed by atoms with E-state index in [1.54, 1.807) is 4.90 Å². The lowest BCUT2D eigenvalue weighted by Gasteiger charge is -2.35. The van der Waals surface area contributed by atoms with Crippen LogP contribution in [-0.4, -0.2) is 34.9 Å². The molecule has 0 N–H and O–H groups in total. The lowest BCUT2D eigenvalue weighted by molar-refractivity contribution is -0.0119. The van der Waals surface area contributed by atoms with Gasteiger partial charge in [-0.25, -0.2) is 4.79 Å². The molecule has 2 heterocycles. The molecule has 0 aromatic heterocycles. The van der Waals surface area contributed by atoms with E-state index < -0.39 is 23.9 Å². The fourth-order valence-corrected chi connectivity index (χ4v) is 3.68. The molecule has 1 aromatic rings. The summed E-state index contributed by atoms with van der Waals surface area (Å²) in [5.41, 5.74) is 0.779. The SMILES string of the molecule is CCC1(C)OB(C2c3ccccc3CN2C(=O)OC(C)(C)C)OC1(C)C. The van der Waals surface area contributed by atoms with Crippen molar-refractivity contribution in [1.29, 1.82) is 0 Å². The summed E-state index contributed by atoms with van der Waals surface area (Å²) in [5.74, 6) is -0.311. The van der Waals surface area contributed by atoms with E-state index in [4.69, 9.17) is 14.0 Å². The monoisotopic (exact) mass is 359 g/mol. The maximum absolute atomic E-state index is 12.9. The summed E-state index contributed by atoms with van der Waals surface area (Å²) >= 11 is 0. The average Bonchev–Trinajstić information content (AvgIpc) is 3.01. The van der Waals surface area contributed by atoms with Crippen molar-refractivity contribution in [2.75, 3.05) is 0 Å². The van der Waals surface area contributed by atoms with Crippen molar-refractivity contribution < 1.29 is 18.8 Å². The molecule has 6 heteroatoms. The minimum Gasteiger partial charge on any atom is -0.444 e. The fourth-order valence-electron chi connectivity index (χ4n) is 3.68. The minimum atomic E-state index is -0.551. The zero-order chi connectivity index (χ0) is 19.3. The molecule has 26 heavy (non-hydrogen) atoms. The number of hydrogen-bond donors (Lipinski definition) is 0. The maximum atomic E-state index is 12.9. The molecule has 2 unspecified atom stereocenters. The molecule has 142 valence electrons. The highest BCUT2D eigenvalue weighted by Crippen LogP contribution is 2.46. The Hall–Kier alpha value is -1.53. The first-order valence-electron chi connectivity index (χ1n) is 9.40. The van der Waals surface area contributed by atoms with Crippen LogP contribution in [0.25, 0.3) is 0 Å². The Morgan fingerprint density at radius 2 is 1.92 bits per heavy atom. The molecular formula is C20H30BNO4. The van der Waals surface area contributed by atoms with Gasteiger partial charge in [0.1, 0.15) is 5.60 Å². The van der Waals surface area contributed by atoms with Crippen LogP contribution < -0.4 is 0 Å². The highest BCUT2D eigenvalue weighted by Gasteiger charge is 2.58. The Bertz CT molecular complexity index is 699. The number of nitrogens with zero attached hydrogens (tertiary/aromatic N) is 1. The van der Waals surface area contributed by atoms with E-state index in [1.807, 2.05) is 45.0 Å². The van der Waals surface area contributed by atoms with E-state index in [2.05, 4.69) is 27.7 Å². The lowest BCUT2D eigenvalue weighted by atomic mass is 9.74. The van der Waals surface area contributed by atoms with E-state index in [9.17, 15) is 4.79 Å². The van der Waals surface area contributed by atoms with Gasteiger partial charge < -0.3 is 14.0 Å². The summed E-state index contributed by atoms with van der Waals surface area (Å²) in [7, 11) is -0.522. The number of ether oxygens (including phenoxy) is 1. The molecule has 0 radical (unpaired) electrons. The first-order valence-corrected chi connectivity index (χ1v) is 9.40. The Morgan fingerprint density at radius 3 is 2.50 bits per heavy atom. The van der Waals surface area contributed by atoms with Crippen molar-refractivity contribution in [2.24, 2.45) is 0 Å². The van der Waals surface area contributed by atoms with Crippen LogP contribution in [0, 0.1) is 0 Å². The van der Waals surface area contributed by atoms with E-state index in [-0.39, 0.29) is 12.0 Å². The van der Waals surface area contributed by atoms with Crippen molar-refractivity contribution in [3.63, 3.8) is 0 Å². The minimum absolute atomic E-state index is 0.311. The largest absolute Gasteiger partial charge is 0.487 e. The van der Waals surface area contributed by atoms with Crippen LogP contribution in [0.5, 0.6) is 0 Å². The maximum Gasteiger partial charge on any atom is 0.487 e. The topological polar surface area (TPSA) is 48.0 Å². The molecule has 5 nitrogen and oxygen atoms in total. The van der Waals surface area contributed by atoms with Crippen molar-refractivity contribution in [3.8, 4) is 0 Å². The smallest absolute Gasteiger partial charge is 0.444 e. The normalized spacial score (nSPS) is 27.6. The van der Waals surface area contributed by atoms with E-state index >= 15 is 0 Å². The second-order valence-electron chi connectivity index (χ2n) is 8.95. The van der Waals surface area contributed by atoms with E-state index in [1.165, 1.54) is 0 Å². The number of hydrogen-bond acceptors (Lipinski definition) is 4. The first-order chi connectivity index (χ1) is 12.0. The van der Waals surface area contributed by atoms with Gasteiger partial charge in [0.05, 0.1) is 17.1 Å². The molecule has 2 aliphatic heterocycles. The van der Waals surface area contributed by atoms with Crippen LogP contribution in [0.4, 0.5) is 4.79 Å². The predicted octanol–water partition coefficient (Wildman–Crippen LogP) is 4.50. The second-order valence-corrected chi connectivity index (χ2v) is 8.95. The number of carbonyl (C=O) groups excluding carboxylic acids is 1. The molecule has 0 saturated carbocycles. The third-order valence-corrected chi connectivity index (χ3v) is 5.67. The zero-order valence-corrected chi connectivity index (χ0v) is 17.0. The third kappa shape index (κ3) is 3.25. The Labute approximate surface area is 157 Å². The molecule has 2 atom stereocenters. The summed E-state index contributed by atoms with van der Waals surface area (Å²) in [6.07, 6.45) is 0.492. The van der Waals surface area contributed by atoms with E-state index in [0.29, 0.717) is 6.54 Å². The van der Waals surface area contributed by atoms with Gasteiger partial charge in [-0.2, -0.15) is 0 Å². The van der Waals surface area contributed by atoms with Gasteiger partial charge in [0, 0.05) is 6.54 Å². The van der Waals surface area contributed by atoms with Crippen molar-refractivity contribution in [1.82, 2.24) is 4.90 Å². The highest BCUT2D eigenvalue weighted by atomic mass is 16.7. The summed E-state index contributed by atoms with van der Waals surface area (Å²) in [6.45, 7) is 14.4. The van der Waals surface area contributed by atoms with Crippen LogP contribution in [0.2, 0.25) is 0 Å². The van der Waals surface area contributed by atoms with Gasteiger partial charge in [-0.1, -0.05) is 31.2 Å². The summed E-state index contributed by atoms with van der Waals surface area (Å²) < 4.78 is 18.4. The molecule has 1 saturated heterocycles. The second kappa shape index (κ2) is 6.27. The molecule has 1 fully saturated rings. The summed E-state index contributed by atoms with van der Waals surface area (Å²) in [5, 5.41) is 0. The summed E-state index contributed by atoms with van der Waals surface area (Å²) in [4.78, 5) is 14.6. The number of benzene rings is 1. The number of fused-ring (bicyclic) bond motifs is 1. The number of amides is 1. The number of rotatable bonds is 2. The molecule has 0 spiro atoms. The lowest BCUT2D eigenvalue weighted by Crippen LogP contribution is -2.44. The Morgan fingerprint density at radius 1 is 1.27 bits per heavy atom. The van der Waals surface area contributed by atoms with Gasteiger partial charge in [-0.05, 0) is 59.1 Å². The van der Waals surface area contributed by atoms with E-state index in [0.717, 1.165) is 17.5 Å². The summed E-state index contributed by atoms with van der Waals surface area (Å²) in [6, 6.07) is 8.08. The van der Waals surface area contributed by atoms with Gasteiger partial charge in [-0.15, -0.1) is 0 Å². The molecule has 0 aliphatic carbocycles. The molecule has 1 amide bonds. The standard InChI is InChI=1S/C20H30BNO4/c1-8-20(7)19(5,6)25-21(26-20)16-15-12-10-9-11-14(15)13-22(16)17(23)24-18(2,3)4/h9-12,16H,8,13H2,1-7H3. The van der Waals surface area contributed by atoms with Gasteiger partial charge in [0.2, 0.25) is 0 Å². The van der Waals surface area contributed by atoms with Crippen molar-refractivity contribution in [2.45, 2.75) is 84.2 Å². The van der Waals surface area contributed by atoms with Crippen LogP contribution in [0.1, 0.15) is 72.0 Å². The van der Waals surface area contributed by atoms with Crippen molar-refractivity contribution in [3.05, 3.63) is 35.4 Å². The highest BCUT2D eigenvalue weighted by molar-refractivity contribution is 6.48. The predicted molar refractivity (Wildman–Crippen MR) is 102 cm³/mol. The average molecular weight is 359 g/mol. The van der Waals surface area contributed by atoms with Gasteiger partial charge in [0.15, 0.2) is 0 Å². The van der Waals surface area contributed by atoms with Gasteiger partial charge >= 0.3 is 13.2 Å². The molecule has 1 aromatic carbocycles.